The highest BCUT2D eigenvalue weighted by atomic mass is 32.2. The second-order valence-corrected chi connectivity index (χ2v) is 6.16. The van der Waals surface area contributed by atoms with E-state index in [1.54, 1.807) is 12.1 Å². The zero-order valence-corrected chi connectivity index (χ0v) is 11.1. The van der Waals surface area contributed by atoms with Crippen LogP contribution < -0.4 is 5.73 Å². The largest absolute Gasteiger partial charge is 0.381 e. The summed E-state index contributed by atoms with van der Waals surface area (Å²) in [6.45, 7) is 1.66. The summed E-state index contributed by atoms with van der Waals surface area (Å²) < 4.78 is 37.7. The number of hydrogen-bond donors (Lipinski definition) is 1. The predicted octanol–water partition coefficient (Wildman–Crippen LogP) is 0.841. The zero-order valence-electron chi connectivity index (χ0n) is 10.2. The summed E-state index contributed by atoms with van der Waals surface area (Å²) in [4.78, 5) is 0. The Kier molecular flexibility index (Phi) is 3.52. The van der Waals surface area contributed by atoms with E-state index in [0.717, 1.165) is 0 Å². The average molecular weight is 284 g/mol. The normalized spacial score (nSPS) is 11.7. The van der Waals surface area contributed by atoms with Crippen LogP contribution in [0.25, 0.3) is 0 Å². The third kappa shape index (κ3) is 2.73. The van der Waals surface area contributed by atoms with Gasteiger partial charge in [-0.1, -0.05) is 24.3 Å². The minimum atomic E-state index is -3.50. The van der Waals surface area contributed by atoms with Crippen LogP contribution in [0.4, 0.5) is 10.2 Å². The number of hydrogen-bond acceptors (Lipinski definition) is 5. The molecule has 0 amide bonds. The first kappa shape index (κ1) is 13.5. The Morgan fingerprint density at radius 2 is 2.16 bits per heavy atom. The van der Waals surface area contributed by atoms with Crippen LogP contribution in [-0.4, -0.2) is 29.2 Å². The van der Waals surface area contributed by atoms with E-state index in [1.165, 1.54) is 23.7 Å². The van der Waals surface area contributed by atoms with Gasteiger partial charge in [0, 0.05) is 0 Å². The van der Waals surface area contributed by atoms with E-state index in [-0.39, 0.29) is 29.0 Å². The topological polar surface area (TPSA) is 90.9 Å². The number of sulfone groups is 1. The molecular weight excluding hydrogens is 271 g/mol. The third-order valence-corrected chi connectivity index (χ3v) is 4.28. The van der Waals surface area contributed by atoms with Gasteiger partial charge in [0.1, 0.15) is 5.82 Å². The van der Waals surface area contributed by atoms with Gasteiger partial charge in [-0.05, 0) is 17.7 Å². The molecule has 0 bridgehead atoms. The van der Waals surface area contributed by atoms with Crippen molar-refractivity contribution >= 4 is 15.7 Å². The van der Waals surface area contributed by atoms with Crippen LogP contribution in [0, 0.1) is 5.82 Å². The molecule has 2 aromatic rings. The molecule has 0 spiro atoms. The zero-order chi connectivity index (χ0) is 14.0. The lowest BCUT2D eigenvalue weighted by molar-refractivity contribution is 0.593. The van der Waals surface area contributed by atoms with Crippen LogP contribution in [0.15, 0.2) is 29.3 Å². The van der Waals surface area contributed by atoms with Crippen LogP contribution in [0.2, 0.25) is 0 Å². The van der Waals surface area contributed by atoms with Crippen LogP contribution in [0.3, 0.4) is 0 Å². The molecule has 0 aliphatic heterocycles. The van der Waals surface area contributed by atoms with Gasteiger partial charge in [0.25, 0.3) is 0 Å². The fourth-order valence-electron chi connectivity index (χ4n) is 1.59. The molecule has 0 saturated carbocycles. The fraction of sp³-hybridized carbons (Fsp3) is 0.273. The summed E-state index contributed by atoms with van der Waals surface area (Å²) >= 11 is 0. The van der Waals surface area contributed by atoms with Crippen molar-refractivity contribution in [2.75, 3.05) is 11.5 Å². The molecule has 8 heteroatoms. The van der Waals surface area contributed by atoms with E-state index in [0.29, 0.717) is 5.56 Å². The summed E-state index contributed by atoms with van der Waals surface area (Å²) in [5, 5.41) is 7.05. The van der Waals surface area contributed by atoms with Gasteiger partial charge < -0.3 is 5.73 Å². The van der Waals surface area contributed by atoms with E-state index >= 15 is 0 Å². The van der Waals surface area contributed by atoms with Crippen molar-refractivity contribution in [3.05, 3.63) is 35.6 Å². The Bertz CT molecular complexity index is 696. The van der Waals surface area contributed by atoms with Crippen molar-refractivity contribution in [1.29, 1.82) is 0 Å². The lowest BCUT2D eigenvalue weighted by atomic mass is 10.2. The van der Waals surface area contributed by atoms with Gasteiger partial charge in [0.2, 0.25) is 14.9 Å². The first-order valence-electron chi connectivity index (χ1n) is 5.60. The number of anilines is 1. The van der Waals surface area contributed by atoms with Gasteiger partial charge in [0.05, 0.1) is 12.3 Å². The molecule has 0 fully saturated rings. The Hall–Kier alpha value is -1.96. The van der Waals surface area contributed by atoms with Crippen molar-refractivity contribution in [2.45, 2.75) is 18.5 Å². The van der Waals surface area contributed by atoms with Crippen molar-refractivity contribution < 1.29 is 12.8 Å². The van der Waals surface area contributed by atoms with Gasteiger partial charge in [0.15, 0.2) is 5.82 Å². The molecular formula is C11H13FN4O2S. The van der Waals surface area contributed by atoms with Crippen LogP contribution in [-0.2, 0) is 16.4 Å². The van der Waals surface area contributed by atoms with Gasteiger partial charge in [-0.2, -0.15) is 0 Å². The van der Waals surface area contributed by atoms with E-state index < -0.39 is 9.84 Å². The Balaban J connectivity index is 2.33. The number of rotatable bonds is 4. The summed E-state index contributed by atoms with van der Waals surface area (Å²) in [6, 6.07) is 5.90. The smallest absolute Gasteiger partial charge is 0.220 e. The maximum Gasteiger partial charge on any atom is 0.220 e. The maximum absolute atomic E-state index is 13.0. The van der Waals surface area contributed by atoms with E-state index in [2.05, 4.69) is 10.3 Å². The molecule has 2 N–H and O–H groups in total. The molecule has 2 rings (SSSR count). The molecule has 6 nitrogen and oxygen atoms in total. The minimum Gasteiger partial charge on any atom is -0.381 e. The van der Waals surface area contributed by atoms with E-state index in [1.807, 2.05) is 0 Å². The molecule has 0 radical (unpaired) electrons. The second kappa shape index (κ2) is 4.96. The van der Waals surface area contributed by atoms with Crippen molar-refractivity contribution in [3.8, 4) is 0 Å². The molecule has 1 aromatic carbocycles. The standard InChI is InChI=1S/C11H13FN4O2S/c1-2-19(17,18)11-10(13)16(15-14-11)7-8-4-3-5-9(12)6-8/h3-6H,2,7,13H2,1H3. The van der Waals surface area contributed by atoms with Crippen molar-refractivity contribution in [3.63, 3.8) is 0 Å². The number of aromatic nitrogens is 3. The van der Waals surface area contributed by atoms with Gasteiger partial charge >= 0.3 is 0 Å². The van der Waals surface area contributed by atoms with Crippen molar-refractivity contribution in [2.24, 2.45) is 0 Å². The Labute approximate surface area is 110 Å². The van der Waals surface area contributed by atoms with E-state index in [9.17, 15) is 12.8 Å². The number of nitrogen functional groups attached to an aromatic ring is 1. The Morgan fingerprint density at radius 1 is 1.42 bits per heavy atom. The quantitative estimate of drug-likeness (QED) is 0.898. The third-order valence-electron chi connectivity index (χ3n) is 2.64. The SMILES string of the molecule is CCS(=O)(=O)c1nnn(Cc2cccc(F)c2)c1N. The molecule has 0 aliphatic rings. The van der Waals surface area contributed by atoms with Gasteiger partial charge in [-0.25, -0.2) is 17.5 Å². The average Bonchev–Trinajstić information content (AvgIpc) is 2.72. The molecule has 19 heavy (non-hydrogen) atoms. The first-order valence-corrected chi connectivity index (χ1v) is 7.25. The maximum atomic E-state index is 13.0. The van der Waals surface area contributed by atoms with Crippen molar-refractivity contribution in [1.82, 2.24) is 15.0 Å². The molecule has 0 saturated heterocycles. The highest BCUT2D eigenvalue weighted by molar-refractivity contribution is 7.91. The Morgan fingerprint density at radius 3 is 2.79 bits per heavy atom. The van der Waals surface area contributed by atoms with Crippen LogP contribution in [0.1, 0.15) is 12.5 Å². The number of nitrogens with two attached hydrogens (primary N) is 1. The number of benzene rings is 1. The molecule has 1 heterocycles. The summed E-state index contributed by atoms with van der Waals surface area (Å²) in [7, 11) is -3.50. The fourth-order valence-corrected chi connectivity index (χ4v) is 2.45. The number of nitrogens with zero attached hydrogens (tertiary/aromatic N) is 3. The minimum absolute atomic E-state index is 0.0360. The van der Waals surface area contributed by atoms with Gasteiger partial charge in [-0.3, -0.25) is 0 Å². The lowest BCUT2D eigenvalue weighted by Gasteiger charge is -2.04. The van der Waals surface area contributed by atoms with Gasteiger partial charge in [-0.15, -0.1) is 5.10 Å². The highest BCUT2D eigenvalue weighted by Gasteiger charge is 2.22. The summed E-state index contributed by atoms with van der Waals surface area (Å²) in [5.74, 6) is -0.515. The highest BCUT2D eigenvalue weighted by Crippen LogP contribution is 2.17. The van der Waals surface area contributed by atoms with E-state index in [4.69, 9.17) is 5.73 Å². The monoisotopic (exact) mass is 284 g/mol. The molecule has 0 atom stereocenters. The molecule has 102 valence electrons. The second-order valence-electron chi connectivity index (χ2n) is 3.97. The van der Waals surface area contributed by atoms with Crippen LogP contribution >= 0.6 is 0 Å². The first-order chi connectivity index (χ1) is 8.94. The molecule has 0 aliphatic carbocycles. The molecule has 0 unspecified atom stereocenters. The van der Waals surface area contributed by atoms with Crippen LogP contribution in [0.5, 0.6) is 0 Å². The summed E-state index contributed by atoms with van der Waals surface area (Å²) in [6.07, 6.45) is 0. The molecule has 1 aromatic heterocycles. The summed E-state index contributed by atoms with van der Waals surface area (Å²) in [5.41, 5.74) is 6.34. The predicted molar refractivity (Wildman–Crippen MR) is 67.7 cm³/mol. The lowest BCUT2D eigenvalue weighted by Crippen LogP contribution is -2.10. The number of halogens is 1.